The second-order valence-electron chi connectivity index (χ2n) is 16.7. The highest BCUT2D eigenvalue weighted by Gasteiger charge is 2.28. The molecule has 0 aliphatic carbocycles. The van der Waals surface area contributed by atoms with Gasteiger partial charge in [-0.2, -0.15) is 0 Å². The van der Waals surface area contributed by atoms with Crippen molar-refractivity contribution in [1.29, 1.82) is 0 Å². The molecule has 0 radical (unpaired) electrons. The number of aryl methyl sites for hydroxylation is 2. The molecule has 8 nitrogen and oxygen atoms in total. The molecule has 8 heteroatoms. The van der Waals surface area contributed by atoms with Crippen molar-refractivity contribution in [2.75, 3.05) is 20.2 Å². The van der Waals surface area contributed by atoms with Crippen LogP contribution in [-0.2, 0) is 63.0 Å². The predicted octanol–water partition coefficient (Wildman–Crippen LogP) is 8.28. The van der Waals surface area contributed by atoms with Gasteiger partial charge in [0.1, 0.15) is 11.5 Å². The minimum atomic E-state index is -0.383. The van der Waals surface area contributed by atoms with Gasteiger partial charge in [-0.3, -0.25) is 9.59 Å². The van der Waals surface area contributed by atoms with Crippen LogP contribution < -0.4 is 0 Å². The summed E-state index contributed by atoms with van der Waals surface area (Å²) in [5, 5.41) is 21.8. The van der Waals surface area contributed by atoms with Gasteiger partial charge in [-0.25, -0.2) is 0 Å². The summed E-state index contributed by atoms with van der Waals surface area (Å²) in [5.41, 5.74) is 4.40. The van der Waals surface area contributed by atoms with Gasteiger partial charge in [-0.1, -0.05) is 107 Å². The van der Waals surface area contributed by atoms with E-state index in [0.29, 0.717) is 24.3 Å². The third kappa shape index (κ3) is 12.5. The molecule has 0 saturated heterocycles. The van der Waals surface area contributed by atoms with Crippen molar-refractivity contribution in [1.82, 2.24) is 0 Å². The van der Waals surface area contributed by atoms with Crippen molar-refractivity contribution in [2.45, 2.75) is 143 Å². The number of hydrogen-bond acceptors (Lipinski definition) is 8. The molecule has 0 aliphatic rings. The first-order chi connectivity index (χ1) is 21.4. The number of phenolic OH excluding ortho intramolecular Hbond substituents is 2. The zero-order valence-corrected chi connectivity index (χ0v) is 31.2. The summed E-state index contributed by atoms with van der Waals surface area (Å²) >= 11 is 0. The molecule has 0 aliphatic heterocycles. The van der Waals surface area contributed by atoms with Gasteiger partial charge in [0.05, 0.1) is 12.7 Å². The molecule has 0 aromatic heterocycles. The van der Waals surface area contributed by atoms with E-state index in [4.69, 9.17) is 18.9 Å². The van der Waals surface area contributed by atoms with Gasteiger partial charge in [-0.05, 0) is 74.8 Å². The fourth-order valence-corrected chi connectivity index (χ4v) is 5.19. The number of aromatic hydroxyl groups is 2. The molecule has 0 spiro atoms. The number of carbonyl (C=O) groups is 2. The van der Waals surface area contributed by atoms with Crippen LogP contribution in [0.15, 0.2) is 24.3 Å². The monoisotopic (exact) mass is 656 g/mol. The lowest BCUT2D eigenvalue weighted by molar-refractivity contribution is -0.170. The molecule has 0 fully saturated rings. The Kier molecular flexibility index (Phi) is 13.5. The summed E-state index contributed by atoms with van der Waals surface area (Å²) in [6, 6.07) is 7.89. The smallest absolute Gasteiger partial charge is 0.308 e. The molecule has 1 unspecified atom stereocenters. The lowest BCUT2D eigenvalue weighted by Crippen LogP contribution is -2.21. The number of esters is 2. The van der Waals surface area contributed by atoms with Crippen molar-refractivity contribution in [2.24, 2.45) is 0 Å². The Hall–Kier alpha value is -3.10. The van der Waals surface area contributed by atoms with Crippen LogP contribution in [0, 0.1) is 0 Å². The molecule has 2 rings (SSSR count). The van der Waals surface area contributed by atoms with E-state index in [0.717, 1.165) is 33.4 Å². The second kappa shape index (κ2) is 15.9. The van der Waals surface area contributed by atoms with Gasteiger partial charge in [0.15, 0.2) is 13.6 Å². The Bertz CT molecular complexity index is 1290. The third-order valence-corrected chi connectivity index (χ3v) is 8.04. The van der Waals surface area contributed by atoms with E-state index in [9.17, 15) is 19.8 Å². The maximum absolute atomic E-state index is 12.4. The van der Waals surface area contributed by atoms with E-state index < -0.39 is 0 Å². The Morgan fingerprint density at radius 1 is 0.596 bits per heavy atom. The predicted molar refractivity (Wildman–Crippen MR) is 186 cm³/mol. The van der Waals surface area contributed by atoms with Crippen LogP contribution in [0.2, 0.25) is 0 Å². The summed E-state index contributed by atoms with van der Waals surface area (Å²) in [5.74, 6) is -0.135. The van der Waals surface area contributed by atoms with Crippen LogP contribution in [-0.4, -0.2) is 48.4 Å². The van der Waals surface area contributed by atoms with Gasteiger partial charge in [-0.15, -0.1) is 0 Å². The topological polar surface area (TPSA) is 112 Å². The van der Waals surface area contributed by atoms with Crippen LogP contribution in [0.5, 0.6) is 11.5 Å². The SMILES string of the molecule is CC(COCOC(=O)CCc1cc(C(C)(C)C)c(O)c(C(C)(C)C)c1)OCOC(=O)CCc1cc(C(C)(C)C)c(O)c(C(C)(C)C)c1. The molecule has 264 valence electrons. The Balaban J connectivity index is 1.76. The number of carbonyl (C=O) groups excluding carboxylic acids is 2. The summed E-state index contributed by atoms with van der Waals surface area (Å²) in [4.78, 5) is 24.8. The van der Waals surface area contributed by atoms with E-state index in [1.54, 1.807) is 6.92 Å². The molecule has 0 saturated carbocycles. The first-order valence-electron chi connectivity index (χ1n) is 16.7. The van der Waals surface area contributed by atoms with Crippen LogP contribution in [0.1, 0.15) is 136 Å². The van der Waals surface area contributed by atoms with E-state index in [2.05, 4.69) is 83.1 Å². The highest BCUT2D eigenvalue weighted by atomic mass is 16.7. The van der Waals surface area contributed by atoms with Crippen LogP contribution in [0.25, 0.3) is 0 Å². The van der Waals surface area contributed by atoms with E-state index in [1.807, 2.05) is 24.3 Å². The van der Waals surface area contributed by atoms with E-state index in [-0.39, 0.29) is 72.7 Å². The van der Waals surface area contributed by atoms with Gasteiger partial charge in [0, 0.05) is 12.8 Å². The number of ether oxygens (including phenoxy) is 4. The van der Waals surface area contributed by atoms with Gasteiger partial charge in [0.2, 0.25) is 0 Å². The average molecular weight is 657 g/mol. The maximum atomic E-state index is 12.4. The van der Waals surface area contributed by atoms with E-state index in [1.165, 1.54) is 0 Å². The third-order valence-electron chi connectivity index (χ3n) is 8.04. The van der Waals surface area contributed by atoms with Gasteiger partial charge >= 0.3 is 11.9 Å². The van der Waals surface area contributed by atoms with Crippen molar-refractivity contribution >= 4 is 11.9 Å². The molecular weight excluding hydrogens is 596 g/mol. The standard InChI is InChI=1S/C39H60O8/c1-25(45-24-47-33(41)17-15-27-20-30(38(8,9)10)35(43)31(21-27)39(11,12)13)22-44-23-46-32(40)16-14-26-18-28(36(2,3)4)34(42)29(19-26)37(5,6)7/h18-21,25,42-43H,14-17,22-24H2,1-13H3. The lowest BCUT2D eigenvalue weighted by atomic mass is 9.78. The second-order valence-corrected chi connectivity index (χ2v) is 16.7. The highest BCUT2D eigenvalue weighted by Crippen LogP contribution is 2.41. The van der Waals surface area contributed by atoms with Crippen LogP contribution in [0.4, 0.5) is 0 Å². The van der Waals surface area contributed by atoms with Crippen LogP contribution in [0.3, 0.4) is 0 Å². The van der Waals surface area contributed by atoms with Crippen molar-refractivity contribution in [3.8, 4) is 11.5 Å². The van der Waals surface area contributed by atoms with Gasteiger partial charge in [0.25, 0.3) is 0 Å². The normalized spacial score (nSPS) is 13.4. The summed E-state index contributed by atoms with van der Waals surface area (Å²) in [6.45, 7) is 26.2. The van der Waals surface area contributed by atoms with Crippen LogP contribution >= 0.6 is 0 Å². The largest absolute Gasteiger partial charge is 0.507 e. The number of benzene rings is 2. The quantitative estimate of drug-likeness (QED) is 0.126. The lowest BCUT2D eigenvalue weighted by Gasteiger charge is -2.28. The molecule has 0 bridgehead atoms. The van der Waals surface area contributed by atoms with E-state index >= 15 is 0 Å². The van der Waals surface area contributed by atoms with Gasteiger partial charge < -0.3 is 29.2 Å². The molecule has 0 heterocycles. The summed E-state index contributed by atoms with van der Waals surface area (Å²) in [7, 11) is 0. The summed E-state index contributed by atoms with van der Waals surface area (Å²) < 4.78 is 21.5. The Morgan fingerprint density at radius 3 is 1.23 bits per heavy atom. The first-order valence-corrected chi connectivity index (χ1v) is 16.7. The highest BCUT2D eigenvalue weighted by molar-refractivity contribution is 5.70. The molecule has 0 amide bonds. The molecule has 2 N–H and O–H groups in total. The molecule has 2 aromatic carbocycles. The fourth-order valence-electron chi connectivity index (χ4n) is 5.19. The molecule has 1 atom stereocenters. The zero-order valence-electron chi connectivity index (χ0n) is 31.2. The molecule has 2 aromatic rings. The van der Waals surface area contributed by atoms with Crippen molar-refractivity contribution in [3.63, 3.8) is 0 Å². The summed E-state index contributed by atoms with van der Waals surface area (Å²) in [6.07, 6.45) is 0.950. The number of hydrogen-bond donors (Lipinski definition) is 2. The average Bonchev–Trinajstić information content (AvgIpc) is 2.91. The first kappa shape index (κ1) is 40.1. The molecule has 47 heavy (non-hydrogen) atoms. The van der Waals surface area contributed by atoms with Crippen molar-refractivity contribution < 1.29 is 38.7 Å². The Labute approximate surface area is 283 Å². The minimum absolute atomic E-state index is 0.158. The van der Waals surface area contributed by atoms with Crippen molar-refractivity contribution in [3.05, 3.63) is 57.6 Å². The Morgan fingerprint density at radius 2 is 0.915 bits per heavy atom. The minimum Gasteiger partial charge on any atom is -0.507 e. The number of rotatable bonds is 13. The fraction of sp³-hybridized carbons (Fsp3) is 0.641. The maximum Gasteiger partial charge on any atom is 0.308 e. The molecular formula is C39H60O8. The zero-order chi connectivity index (χ0) is 36.0. The number of phenols is 2.